The van der Waals surface area contributed by atoms with Gasteiger partial charge < -0.3 is 9.47 Å². The van der Waals surface area contributed by atoms with E-state index in [-0.39, 0.29) is 25.5 Å². The summed E-state index contributed by atoms with van der Waals surface area (Å²) in [5.41, 5.74) is 0.847. The molecule has 0 fully saturated rings. The summed E-state index contributed by atoms with van der Waals surface area (Å²) < 4.78 is 9.63. The molecule has 0 heterocycles. The monoisotopic (exact) mass is 334 g/mol. The maximum Gasteiger partial charge on any atom is 0.354 e. The highest BCUT2D eigenvalue weighted by molar-refractivity contribution is 6.35. The molecular weight excluding hydrogens is 312 g/mol. The maximum atomic E-state index is 12.3. The Morgan fingerprint density at radius 3 is 2.25 bits per heavy atom. The number of benzene rings is 1. The van der Waals surface area contributed by atoms with Crippen molar-refractivity contribution < 1.29 is 23.9 Å². The second-order valence-corrected chi connectivity index (χ2v) is 4.82. The molecule has 0 radical (unpaired) electrons. The van der Waals surface area contributed by atoms with Crippen LogP contribution in [0.1, 0.15) is 32.8 Å². The van der Waals surface area contributed by atoms with Crippen molar-refractivity contribution in [1.82, 2.24) is 5.01 Å². The zero-order chi connectivity index (χ0) is 17.9. The van der Waals surface area contributed by atoms with Crippen molar-refractivity contribution in [3.63, 3.8) is 0 Å². The average molecular weight is 334 g/mol. The lowest BCUT2D eigenvalue weighted by atomic mass is 10.2. The molecule has 0 saturated heterocycles. The summed E-state index contributed by atoms with van der Waals surface area (Å²) in [5.74, 6) is -1.80. The van der Waals surface area contributed by atoms with Gasteiger partial charge in [0.05, 0.1) is 19.8 Å². The van der Waals surface area contributed by atoms with Crippen LogP contribution >= 0.6 is 0 Å². The van der Waals surface area contributed by atoms with Gasteiger partial charge in [-0.05, 0) is 26.3 Å². The number of ether oxygens (including phenoxy) is 2. The van der Waals surface area contributed by atoms with Crippen LogP contribution in [0, 0.1) is 0 Å². The third-order valence-corrected chi connectivity index (χ3v) is 2.91. The van der Waals surface area contributed by atoms with E-state index in [1.807, 2.05) is 30.3 Å². The Morgan fingerprint density at radius 2 is 1.67 bits per heavy atom. The Bertz CT molecular complexity index is 598. The van der Waals surface area contributed by atoms with Gasteiger partial charge in [-0.2, -0.15) is 5.10 Å². The molecule has 7 nitrogen and oxygen atoms in total. The van der Waals surface area contributed by atoms with Gasteiger partial charge in [0.2, 0.25) is 0 Å². The lowest BCUT2D eigenvalue weighted by Gasteiger charge is -2.18. The molecule has 24 heavy (non-hydrogen) atoms. The SMILES string of the molecule is CCOC(=O)CC(=O)N(Cc1ccccc1)/N=C(\C)C(=O)OCC. The Balaban J connectivity index is 2.94. The number of hydrogen-bond donors (Lipinski definition) is 0. The topological polar surface area (TPSA) is 85.3 Å². The quantitative estimate of drug-likeness (QED) is 0.314. The number of hydrogen-bond acceptors (Lipinski definition) is 6. The molecule has 0 unspecified atom stereocenters. The van der Waals surface area contributed by atoms with Crippen LogP contribution in [0.15, 0.2) is 35.4 Å². The fourth-order valence-corrected chi connectivity index (χ4v) is 1.82. The van der Waals surface area contributed by atoms with E-state index in [1.54, 1.807) is 13.8 Å². The molecule has 0 bridgehead atoms. The molecular formula is C17H22N2O5. The van der Waals surface area contributed by atoms with Crippen molar-refractivity contribution in [1.29, 1.82) is 0 Å². The molecule has 130 valence electrons. The summed E-state index contributed by atoms with van der Waals surface area (Å²) in [6, 6.07) is 9.14. The third-order valence-electron chi connectivity index (χ3n) is 2.91. The number of hydrazone groups is 1. The van der Waals surface area contributed by atoms with Gasteiger partial charge in [0.15, 0.2) is 0 Å². The summed E-state index contributed by atoms with van der Waals surface area (Å²) in [7, 11) is 0. The Labute approximate surface area is 141 Å². The summed E-state index contributed by atoms with van der Waals surface area (Å²) in [5, 5.41) is 5.10. The standard InChI is InChI=1S/C17H22N2O5/c1-4-23-16(21)11-15(20)19(12-14-9-7-6-8-10-14)18-13(3)17(22)24-5-2/h6-10H,4-5,11-12H2,1-3H3/b18-13+. The Morgan fingerprint density at radius 1 is 1.04 bits per heavy atom. The van der Waals surface area contributed by atoms with Gasteiger partial charge in [-0.1, -0.05) is 30.3 Å². The van der Waals surface area contributed by atoms with Crippen molar-refractivity contribution in [2.75, 3.05) is 13.2 Å². The van der Waals surface area contributed by atoms with Crippen molar-refractivity contribution in [3.05, 3.63) is 35.9 Å². The average Bonchev–Trinajstić information content (AvgIpc) is 2.55. The first-order valence-corrected chi connectivity index (χ1v) is 7.70. The number of esters is 2. The Hall–Kier alpha value is -2.70. The lowest BCUT2D eigenvalue weighted by Crippen LogP contribution is -2.30. The van der Waals surface area contributed by atoms with Gasteiger partial charge in [0.25, 0.3) is 5.91 Å². The van der Waals surface area contributed by atoms with Crippen molar-refractivity contribution in [3.8, 4) is 0 Å². The second kappa shape index (κ2) is 10.1. The van der Waals surface area contributed by atoms with E-state index in [4.69, 9.17) is 9.47 Å². The van der Waals surface area contributed by atoms with Crippen LogP contribution in [0.3, 0.4) is 0 Å². The van der Waals surface area contributed by atoms with Gasteiger partial charge in [0, 0.05) is 0 Å². The number of rotatable bonds is 8. The fourth-order valence-electron chi connectivity index (χ4n) is 1.82. The predicted octanol–water partition coefficient (Wildman–Crippen LogP) is 1.91. The van der Waals surface area contributed by atoms with E-state index in [2.05, 4.69) is 5.10 Å². The van der Waals surface area contributed by atoms with Crippen LogP contribution in [0.4, 0.5) is 0 Å². The maximum absolute atomic E-state index is 12.3. The zero-order valence-corrected chi connectivity index (χ0v) is 14.2. The van der Waals surface area contributed by atoms with E-state index in [0.29, 0.717) is 0 Å². The molecule has 1 aromatic rings. The highest BCUT2D eigenvalue weighted by atomic mass is 16.5. The van der Waals surface area contributed by atoms with Gasteiger partial charge in [-0.15, -0.1) is 0 Å². The summed E-state index contributed by atoms with van der Waals surface area (Å²) >= 11 is 0. The van der Waals surface area contributed by atoms with Crippen LogP contribution in [-0.4, -0.2) is 41.8 Å². The van der Waals surface area contributed by atoms with Crippen LogP contribution in [-0.2, 0) is 30.4 Å². The van der Waals surface area contributed by atoms with E-state index >= 15 is 0 Å². The van der Waals surface area contributed by atoms with Gasteiger partial charge in [-0.25, -0.2) is 9.80 Å². The number of nitrogens with zero attached hydrogens (tertiary/aromatic N) is 2. The van der Waals surface area contributed by atoms with Crippen molar-refractivity contribution >= 4 is 23.6 Å². The first-order valence-electron chi connectivity index (χ1n) is 7.70. The van der Waals surface area contributed by atoms with E-state index < -0.39 is 24.3 Å². The summed E-state index contributed by atoms with van der Waals surface area (Å²) in [6.07, 6.45) is -0.444. The molecule has 1 aromatic carbocycles. The molecule has 0 spiro atoms. The van der Waals surface area contributed by atoms with E-state index in [9.17, 15) is 14.4 Å². The molecule has 0 saturated carbocycles. The zero-order valence-electron chi connectivity index (χ0n) is 14.2. The third kappa shape index (κ3) is 6.60. The molecule has 1 rings (SSSR count). The molecule has 0 aliphatic carbocycles. The first-order chi connectivity index (χ1) is 11.5. The predicted molar refractivity (Wildman–Crippen MR) is 88.0 cm³/mol. The van der Waals surface area contributed by atoms with E-state index in [1.165, 1.54) is 6.92 Å². The van der Waals surface area contributed by atoms with Gasteiger partial charge >= 0.3 is 11.9 Å². The second-order valence-electron chi connectivity index (χ2n) is 4.82. The van der Waals surface area contributed by atoms with Crippen molar-refractivity contribution in [2.45, 2.75) is 33.7 Å². The lowest BCUT2D eigenvalue weighted by molar-refractivity contribution is -0.148. The number of carbonyl (C=O) groups excluding carboxylic acids is 3. The van der Waals surface area contributed by atoms with Crippen molar-refractivity contribution in [2.24, 2.45) is 5.10 Å². The fraction of sp³-hybridized carbons (Fsp3) is 0.412. The number of amides is 1. The van der Waals surface area contributed by atoms with E-state index in [0.717, 1.165) is 10.6 Å². The summed E-state index contributed by atoms with van der Waals surface area (Å²) in [4.78, 5) is 35.5. The normalized spacial score (nSPS) is 10.9. The Kier molecular flexibility index (Phi) is 8.18. The van der Waals surface area contributed by atoms with Gasteiger partial charge in [0.1, 0.15) is 12.1 Å². The molecule has 0 atom stereocenters. The first kappa shape index (κ1) is 19.3. The largest absolute Gasteiger partial charge is 0.466 e. The van der Waals surface area contributed by atoms with Crippen LogP contribution in [0.25, 0.3) is 0 Å². The minimum Gasteiger partial charge on any atom is -0.466 e. The molecule has 7 heteroatoms. The highest BCUT2D eigenvalue weighted by Gasteiger charge is 2.20. The molecule has 0 aliphatic heterocycles. The highest BCUT2D eigenvalue weighted by Crippen LogP contribution is 2.08. The molecule has 1 amide bonds. The molecule has 0 N–H and O–H groups in total. The molecule has 0 aromatic heterocycles. The molecule has 0 aliphatic rings. The van der Waals surface area contributed by atoms with Gasteiger partial charge in [-0.3, -0.25) is 9.59 Å². The van der Waals surface area contributed by atoms with Crippen LogP contribution in [0.2, 0.25) is 0 Å². The minimum absolute atomic E-state index is 0.0324. The van der Waals surface area contributed by atoms with Crippen LogP contribution in [0.5, 0.6) is 0 Å². The smallest absolute Gasteiger partial charge is 0.354 e. The number of carbonyl (C=O) groups is 3. The van der Waals surface area contributed by atoms with Crippen LogP contribution < -0.4 is 0 Å². The summed E-state index contributed by atoms with van der Waals surface area (Å²) in [6.45, 7) is 5.33. The minimum atomic E-state index is -0.635.